The number of para-hydroxylation sites is 2. The Morgan fingerprint density at radius 2 is 1.93 bits per heavy atom. The number of piperidine rings is 1. The molecule has 3 aromatic rings. The number of aromatic nitrogens is 2. The monoisotopic (exact) mass is 366 g/mol. The van der Waals surface area contributed by atoms with E-state index >= 15 is 0 Å². The maximum atomic E-state index is 12.4. The second-order valence-electron chi connectivity index (χ2n) is 6.60. The molecule has 1 aliphatic rings. The molecule has 140 valence electrons. The minimum Gasteiger partial charge on any atom is -0.478 e. The Morgan fingerprint density at radius 1 is 1.19 bits per heavy atom. The molecule has 0 atom stereocenters. The quantitative estimate of drug-likeness (QED) is 0.748. The summed E-state index contributed by atoms with van der Waals surface area (Å²) in [5.74, 6) is 2.09. The van der Waals surface area contributed by atoms with Crippen molar-refractivity contribution in [3.05, 3.63) is 48.4 Å². The number of hydrogen-bond acceptors (Lipinski definition) is 6. The average molecular weight is 366 g/mol. The summed E-state index contributed by atoms with van der Waals surface area (Å²) in [6.45, 7) is 1.90. The van der Waals surface area contributed by atoms with E-state index in [1.54, 1.807) is 13.4 Å². The Labute approximate surface area is 157 Å². The minimum atomic E-state index is -0.00405. The molecule has 1 amide bonds. The molecule has 4 rings (SSSR count). The van der Waals surface area contributed by atoms with Crippen molar-refractivity contribution >= 4 is 22.8 Å². The molecule has 0 saturated carbocycles. The highest BCUT2D eigenvalue weighted by Crippen LogP contribution is 2.30. The largest absolute Gasteiger partial charge is 0.478 e. The van der Waals surface area contributed by atoms with E-state index in [9.17, 15) is 4.79 Å². The predicted molar refractivity (Wildman–Crippen MR) is 102 cm³/mol. The van der Waals surface area contributed by atoms with Gasteiger partial charge in [0, 0.05) is 19.0 Å². The van der Waals surface area contributed by atoms with Crippen molar-refractivity contribution in [3.63, 3.8) is 0 Å². The number of benzene rings is 1. The highest BCUT2D eigenvalue weighted by Gasteiger charge is 2.27. The van der Waals surface area contributed by atoms with Crippen LogP contribution in [0.2, 0.25) is 0 Å². The van der Waals surface area contributed by atoms with Crippen LogP contribution < -0.4 is 15.0 Å². The number of nitrogens with zero attached hydrogens (tertiary/aromatic N) is 3. The summed E-state index contributed by atoms with van der Waals surface area (Å²) in [4.78, 5) is 23.9. The van der Waals surface area contributed by atoms with Crippen LogP contribution in [-0.2, 0) is 11.3 Å². The summed E-state index contributed by atoms with van der Waals surface area (Å²) < 4.78 is 10.7. The van der Waals surface area contributed by atoms with Gasteiger partial charge in [0.1, 0.15) is 5.76 Å². The molecule has 3 heterocycles. The number of amides is 1. The number of methoxy groups -OCH3 is 1. The van der Waals surface area contributed by atoms with Crippen molar-refractivity contribution < 1.29 is 13.9 Å². The lowest BCUT2D eigenvalue weighted by atomic mass is 9.96. The molecule has 0 spiro atoms. The van der Waals surface area contributed by atoms with Crippen LogP contribution in [0.5, 0.6) is 5.88 Å². The van der Waals surface area contributed by atoms with Gasteiger partial charge in [-0.15, -0.1) is 0 Å². The number of carbonyl (C=O) groups excluding carboxylic acids is 1. The van der Waals surface area contributed by atoms with Crippen LogP contribution in [0.1, 0.15) is 18.6 Å². The molecule has 1 aliphatic heterocycles. The van der Waals surface area contributed by atoms with Crippen molar-refractivity contribution in [2.75, 3.05) is 25.1 Å². The molecule has 0 bridgehead atoms. The van der Waals surface area contributed by atoms with E-state index in [0.717, 1.165) is 48.5 Å². The third-order valence-corrected chi connectivity index (χ3v) is 4.90. The Morgan fingerprint density at radius 3 is 2.59 bits per heavy atom. The number of ether oxygens (including phenoxy) is 1. The molecule has 1 N–H and O–H groups in total. The fraction of sp³-hybridized carbons (Fsp3) is 0.350. The molecule has 7 nitrogen and oxygen atoms in total. The Kier molecular flexibility index (Phi) is 4.91. The predicted octanol–water partition coefficient (Wildman–Crippen LogP) is 2.76. The minimum absolute atomic E-state index is 0.00405. The highest BCUT2D eigenvalue weighted by molar-refractivity contribution is 5.79. The van der Waals surface area contributed by atoms with Gasteiger partial charge in [0.15, 0.2) is 5.82 Å². The van der Waals surface area contributed by atoms with Crippen molar-refractivity contribution in [3.8, 4) is 5.88 Å². The average Bonchev–Trinajstić information content (AvgIpc) is 3.25. The lowest BCUT2D eigenvalue weighted by Crippen LogP contribution is -2.40. The third kappa shape index (κ3) is 3.72. The SMILES string of the molecule is COc1nc2ccccc2nc1N1CCC(C(=O)NCc2ccco2)CC1. The fourth-order valence-corrected chi connectivity index (χ4v) is 3.40. The Hall–Kier alpha value is -3.09. The van der Waals surface area contributed by atoms with Gasteiger partial charge in [0.25, 0.3) is 5.88 Å². The first-order chi connectivity index (χ1) is 13.2. The van der Waals surface area contributed by atoms with Gasteiger partial charge in [-0.25, -0.2) is 9.97 Å². The number of hydrogen-bond donors (Lipinski definition) is 1. The molecule has 0 unspecified atom stereocenters. The molecule has 27 heavy (non-hydrogen) atoms. The van der Waals surface area contributed by atoms with Crippen LogP contribution in [0, 0.1) is 5.92 Å². The van der Waals surface area contributed by atoms with Gasteiger partial charge in [-0.2, -0.15) is 0 Å². The summed E-state index contributed by atoms with van der Waals surface area (Å²) in [6.07, 6.45) is 3.14. The van der Waals surface area contributed by atoms with Crippen LogP contribution in [0.4, 0.5) is 5.82 Å². The topological polar surface area (TPSA) is 80.5 Å². The van der Waals surface area contributed by atoms with Gasteiger partial charge in [-0.3, -0.25) is 4.79 Å². The first kappa shape index (κ1) is 17.3. The zero-order valence-electron chi connectivity index (χ0n) is 15.2. The van der Waals surface area contributed by atoms with Gasteiger partial charge in [-0.1, -0.05) is 12.1 Å². The summed E-state index contributed by atoms with van der Waals surface area (Å²) >= 11 is 0. The number of carbonyl (C=O) groups is 1. The highest BCUT2D eigenvalue weighted by atomic mass is 16.5. The van der Waals surface area contributed by atoms with Gasteiger partial charge >= 0.3 is 0 Å². The number of furan rings is 1. The maximum absolute atomic E-state index is 12.4. The summed E-state index contributed by atoms with van der Waals surface area (Å²) in [5, 5.41) is 2.95. The second kappa shape index (κ2) is 7.65. The molecule has 1 aromatic carbocycles. The van der Waals surface area contributed by atoms with Gasteiger partial charge in [0.05, 0.1) is 31.0 Å². The van der Waals surface area contributed by atoms with Crippen LogP contribution in [0.25, 0.3) is 11.0 Å². The molecule has 2 aromatic heterocycles. The van der Waals surface area contributed by atoms with Crippen molar-refractivity contribution in [2.24, 2.45) is 5.92 Å². The number of rotatable bonds is 5. The van der Waals surface area contributed by atoms with Crippen LogP contribution in [-0.4, -0.2) is 36.1 Å². The van der Waals surface area contributed by atoms with E-state index in [1.165, 1.54) is 0 Å². The molecule has 1 fully saturated rings. The second-order valence-corrected chi connectivity index (χ2v) is 6.60. The number of anilines is 1. The third-order valence-electron chi connectivity index (χ3n) is 4.90. The summed E-state index contributed by atoms with van der Waals surface area (Å²) in [7, 11) is 1.61. The Bertz CT molecular complexity index is 918. The molecular formula is C20H22N4O3. The molecule has 0 aliphatic carbocycles. The molecular weight excluding hydrogens is 344 g/mol. The smallest absolute Gasteiger partial charge is 0.257 e. The zero-order valence-corrected chi connectivity index (χ0v) is 15.2. The van der Waals surface area contributed by atoms with E-state index in [2.05, 4.69) is 15.2 Å². The fourth-order valence-electron chi connectivity index (χ4n) is 3.40. The number of fused-ring (bicyclic) bond motifs is 1. The molecule has 7 heteroatoms. The van der Waals surface area contributed by atoms with Crippen LogP contribution in [0.3, 0.4) is 0 Å². The van der Waals surface area contributed by atoms with E-state index in [0.29, 0.717) is 12.4 Å². The van der Waals surface area contributed by atoms with Gasteiger partial charge < -0.3 is 19.4 Å². The van der Waals surface area contributed by atoms with E-state index in [1.807, 2.05) is 36.4 Å². The first-order valence-electron chi connectivity index (χ1n) is 9.10. The maximum Gasteiger partial charge on any atom is 0.257 e. The van der Waals surface area contributed by atoms with Crippen molar-refractivity contribution in [1.29, 1.82) is 0 Å². The van der Waals surface area contributed by atoms with Crippen molar-refractivity contribution in [1.82, 2.24) is 15.3 Å². The van der Waals surface area contributed by atoms with E-state index in [4.69, 9.17) is 14.1 Å². The Balaban J connectivity index is 1.41. The lowest BCUT2D eigenvalue weighted by molar-refractivity contribution is -0.125. The van der Waals surface area contributed by atoms with E-state index in [-0.39, 0.29) is 11.8 Å². The number of nitrogens with one attached hydrogen (secondary N) is 1. The summed E-state index contributed by atoms with van der Waals surface area (Å²) in [5.41, 5.74) is 1.65. The van der Waals surface area contributed by atoms with Crippen LogP contribution in [0.15, 0.2) is 47.1 Å². The van der Waals surface area contributed by atoms with Gasteiger partial charge in [0.2, 0.25) is 5.91 Å². The molecule has 1 saturated heterocycles. The first-order valence-corrected chi connectivity index (χ1v) is 9.10. The summed E-state index contributed by atoms with van der Waals surface area (Å²) in [6, 6.07) is 11.4. The van der Waals surface area contributed by atoms with Crippen LogP contribution >= 0.6 is 0 Å². The standard InChI is InChI=1S/C20H22N4O3/c1-26-20-18(22-16-6-2-3-7-17(16)23-20)24-10-8-14(9-11-24)19(25)21-13-15-5-4-12-27-15/h2-7,12,14H,8-11,13H2,1H3,(H,21,25). The zero-order chi connectivity index (χ0) is 18.6. The normalized spacial score (nSPS) is 15.1. The van der Waals surface area contributed by atoms with Gasteiger partial charge in [-0.05, 0) is 37.1 Å². The molecule has 0 radical (unpaired) electrons. The van der Waals surface area contributed by atoms with Crippen molar-refractivity contribution in [2.45, 2.75) is 19.4 Å². The van der Waals surface area contributed by atoms with E-state index < -0.39 is 0 Å². The lowest BCUT2D eigenvalue weighted by Gasteiger charge is -2.32.